The van der Waals surface area contributed by atoms with Crippen molar-refractivity contribution in [2.75, 3.05) is 7.11 Å². The van der Waals surface area contributed by atoms with Gasteiger partial charge in [-0.2, -0.15) is 0 Å². The van der Waals surface area contributed by atoms with Gasteiger partial charge in [0.15, 0.2) is 0 Å². The minimum Gasteiger partial charge on any atom is -0.465 e. The summed E-state index contributed by atoms with van der Waals surface area (Å²) in [6.45, 7) is 1.30. The third-order valence-electron chi connectivity index (χ3n) is 2.99. The molecule has 0 atom stereocenters. The van der Waals surface area contributed by atoms with Crippen molar-refractivity contribution in [2.45, 2.75) is 13.5 Å². The van der Waals surface area contributed by atoms with Crippen molar-refractivity contribution < 1.29 is 18.3 Å². The van der Waals surface area contributed by atoms with Crippen molar-refractivity contribution in [3.63, 3.8) is 0 Å². The molecule has 0 saturated carbocycles. The highest BCUT2D eigenvalue weighted by atomic mass is 19.1. The second-order valence-corrected chi connectivity index (χ2v) is 4.34. The first kappa shape index (κ1) is 14.8. The quantitative estimate of drug-likeness (QED) is 0.808. The molecule has 21 heavy (non-hydrogen) atoms. The van der Waals surface area contributed by atoms with Crippen molar-refractivity contribution in [1.29, 1.82) is 0 Å². The van der Waals surface area contributed by atoms with Crippen LogP contribution in [0.2, 0.25) is 0 Å². The van der Waals surface area contributed by atoms with Crippen molar-refractivity contribution in [3.8, 4) is 0 Å². The summed E-state index contributed by atoms with van der Waals surface area (Å²) >= 11 is 0. The number of aryl methyl sites for hydroxylation is 1. The summed E-state index contributed by atoms with van der Waals surface area (Å²) < 4.78 is 32.4. The van der Waals surface area contributed by atoms with Crippen molar-refractivity contribution in [3.05, 3.63) is 63.3 Å². The van der Waals surface area contributed by atoms with Gasteiger partial charge >= 0.3 is 5.97 Å². The Kier molecular flexibility index (Phi) is 4.11. The minimum absolute atomic E-state index is 0.0102. The maximum absolute atomic E-state index is 13.6. The SMILES string of the molecule is COC(=O)c1cnc(C)n(Cc2cc(F)ccc2F)c1=O. The fourth-order valence-corrected chi connectivity index (χ4v) is 1.85. The van der Waals surface area contributed by atoms with Crippen LogP contribution in [0.15, 0.2) is 29.2 Å². The molecule has 0 spiro atoms. The summed E-state index contributed by atoms with van der Waals surface area (Å²) in [5.41, 5.74) is -0.943. The van der Waals surface area contributed by atoms with Gasteiger partial charge in [-0.3, -0.25) is 9.36 Å². The Balaban J connectivity index is 2.51. The van der Waals surface area contributed by atoms with Gasteiger partial charge in [-0.05, 0) is 25.1 Å². The Morgan fingerprint density at radius 1 is 1.38 bits per heavy atom. The van der Waals surface area contributed by atoms with Crippen LogP contribution in [0.1, 0.15) is 21.7 Å². The van der Waals surface area contributed by atoms with E-state index in [1.807, 2.05) is 0 Å². The summed E-state index contributed by atoms with van der Waals surface area (Å²) in [7, 11) is 1.14. The molecule has 0 amide bonds. The number of methoxy groups -OCH3 is 1. The van der Waals surface area contributed by atoms with E-state index in [-0.39, 0.29) is 23.5 Å². The molecule has 110 valence electrons. The van der Waals surface area contributed by atoms with Gasteiger partial charge in [-0.1, -0.05) is 0 Å². The Bertz CT molecular complexity index is 756. The van der Waals surface area contributed by atoms with E-state index >= 15 is 0 Å². The van der Waals surface area contributed by atoms with Crippen LogP contribution in [0.5, 0.6) is 0 Å². The number of hydrogen-bond acceptors (Lipinski definition) is 4. The summed E-state index contributed by atoms with van der Waals surface area (Å²) in [5, 5.41) is 0. The van der Waals surface area contributed by atoms with E-state index < -0.39 is 23.2 Å². The maximum atomic E-state index is 13.6. The second-order valence-electron chi connectivity index (χ2n) is 4.34. The average Bonchev–Trinajstić information content (AvgIpc) is 2.46. The van der Waals surface area contributed by atoms with Gasteiger partial charge in [0.05, 0.1) is 13.7 Å². The van der Waals surface area contributed by atoms with Gasteiger partial charge in [0.2, 0.25) is 0 Å². The van der Waals surface area contributed by atoms with Crippen molar-refractivity contribution in [1.82, 2.24) is 9.55 Å². The molecule has 0 unspecified atom stereocenters. The summed E-state index contributed by atoms with van der Waals surface area (Å²) in [5.74, 6) is -1.82. The topological polar surface area (TPSA) is 61.2 Å². The number of ether oxygens (including phenoxy) is 1. The predicted molar refractivity (Wildman–Crippen MR) is 70.0 cm³/mol. The first-order valence-corrected chi connectivity index (χ1v) is 6.02. The normalized spacial score (nSPS) is 10.5. The highest BCUT2D eigenvalue weighted by Crippen LogP contribution is 2.11. The van der Waals surface area contributed by atoms with Crippen LogP contribution in [-0.4, -0.2) is 22.6 Å². The smallest absolute Gasteiger partial charge is 0.345 e. The number of rotatable bonds is 3. The molecule has 0 aliphatic carbocycles. The molecule has 0 radical (unpaired) electrons. The zero-order valence-electron chi connectivity index (χ0n) is 11.4. The van der Waals surface area contributed by atoms with Gasteiger partial charge in [-0.15, -0.1) is 0 Å². The third kappa shape index (κ3) is 2.96. The van der Waals surface area contributed by atoms with Crippen LogP contribution in [0.25, 0.3) is 0 Å². The molecule has 2 aromatic rings. The molecule has 0 saturated heterocycles. The largest absolute Gasteiger partial charge is 0.465 e. The number of halogens is 2. The van der Waals surface area contributed by atoms with E-state index in [4.69, 9.17) is 0 Å². The van der Waals surface area contributed by atoms with Gasteiger partial charge in [0, 0.05) is 11.8 Å². The number of carbonyl (C=O) groups is 1. The molecule has 7 heteroatoms. The lowest BCUT2D eigenvalue weighted by Gasteiger charge is -2.11. The summed E-state index contributed by atoms with van der Waals surface area (Å²) in [6, 6.07) is 2.95. The maximum Gasteiger partial charge on any atom is 0.345 e. The minimum atomic E-state index is -0.832. The summed E-state index contributed by atoms with van der Waals surface area (Å²) in [6.07, 6.45) is 1.10. The number of esters is 1. The number of nitrogens with zero attached hydrogens (tertiary/aromatic N) is 2. The first-order chi connectivity index (χ1) is 9.93. The lowest BCUT2D eigenvalue weighted by molar-refractivity contribution is 0.0597. The Morgan fingerprint density at radius 2 is 2.10 bits per heavy atom. The molecule has 5 nitrogen and oxygen atoms in total. The van der Waals surface area contributed by atoms with E-state index in [0.29, 0.717) is 0 Å². The second kappa shape index (κ2) is 5.82. The molecule has 1 aromatic carbocycles. The standard InChI is InChI=1S/C14H12F2N2O3/c1-8-17-6-11(14(20)21-2)13(19)18(8)7-9-5-10(15)3-4-12(9)16/h3-6H,7H2,1-2H3. The van der Waals surface area contributed by atoms with Gasteiger partial charge in [0.1, 0.15) is 23.0 Å². The van der Waals surface area contributed by atoms with Crippen LogP contribution in [-0.2, 0) is 11.3 Å². The highest BCUT2D eigenvalue weighted by molar-refractivity contribution is 5.88. The lowest BCUT2D eigenvalue weighted by atomic mass is 10.2. The molecule has 1 aromatic heterocycles. The first-order valence-electron chi connectivity index (χ1n) is 6.02. The van der Waals surface area contributed by atoms with Gasteiger partial charge in [-0.25, -0.2) is 18.6 Å². The van der Waals surface area contributed by atoms with Crippen LogP contribution in [0, 0.1) is 18.6 Å². The molecular formula is C14H12F2N2O3. The average molecular weight is 294 g/mol. The number of carbonyl (C=O) groups excluding carboxylic acids is 1. The van der Waals surface area contributed by atoms with Crippen LogP contribution in [0.4, 0.5) is 8.78 Å². The van der Waals surface area contributed by atoms with Gasteiger partial charge in [0.25, 0.3) is 5.56 Å². The van der Waals surface area contributed by atoms with Crippen LogP contribution < -0.4 is 5.56 Å². The molecule has 0 aliphatic heterocycles. The van der Waals surface area contributed by atoms with E-state index in [0.717, 1.165) is 36.1 Å². The molecule has 0 bridgehead atoms. The number of hydrogen-bond donors (Lipinski definition) is 0. The Labute approximate surface area is 118 Å². The van der Waals surface area contributed by atoms with Crippen LogP contribution in [0.3, 0.4) is 0 Å². The van der Waals surface area contributed by atoms with E-state index in [9.17, 15) is 18.4 Å². The highest BCUT2D eigenvalue weighted by Gasteiger charge is 2.16. The monoisotopic (exact) mass is 294 g/mol. The zero-order valence-corrected chi connectivity index (χ0v) is 11.4. The molecule has 2 rings (SSSR count). The number of aromatic nitrogens is 2. The Morgan fingerprint density at radius 3 is 2.76 bits per heavy atom. The molecule has 0 N–H and O–H groups in total. The van der Waals surface area contributed by atoms with Crippen molar-refractivity contribution in [2.24, 2.45) is 0 Å². The molecule has 0 aliphatic rings. The summed E-state index contributed by atoms with van der Waals surface area (Å²) in [4.78, 5) is 27.6. The fourth-order valence-electron chi connectivity index (χ4n) is 1.85. The molecule has 0 fully saturated rings. The predicted octanol–water partition coefficient (Wildman–Crippen LogP) is 1.66. The van der Waals surface area contributed by atoms with E-state index in [2.05, 4.69) is 9.72 Å². The zero-order chi connectivity index (χ0) is 15.6. The van der Waals surface area contributed by atoms with Crippen LogP contribution >= 0.6 is 0 Å². The van der Waals surface area contributed by atoms with Gasteiger partial charge < -0.3 is 4.74 Å². The number of benzene rings is 1. The van der Waals surface area contributed by atoms with Crippen molar-refractivity contribution >= 4 is 5.97 Å². The molecule has 1 heterocycles. The van der Waals surface area contributed by atoms with E-state index in [1.54, 1.807) is 0 Å². The lowest BCUT2D eigenvalue weighted by Crippen LogP contribution is -2.30. The molecular weight excluding hydrogens is 282 g/mol. The Hall–Kier alpha value is -2.57. The third-order valence-corrected chi connectivity index (χ3v) is 2.99. The fraction of sp³-hybridized carbons (Fsp3) is 0.214. The van der Waals surface area contributed by atoms with E-state index in [1.165, 1.54) is 6.92 Å².